The van der Waals surface area contributed by atoms with Crippen molar-refractivity contribution in [2.45, 2.75) is 65.5 Å². The number of para-hydroxylation sites is 1. The summed E-state index contributed by atoms with van der Waals surface area (Å²) in [6, 6.07) is 8.13. The molecule has 2 aliphatic rings. The molecule has 1 atom stereocenters. The SMILES string of the molecule is CC(C)CCNC(=O)c1nc(C(=O)N2c3ccccc3CC2C)n2c1CCCC2. The molecule has 1 unspecified atom stereocenters. The Labute approximate surface area is 172 Å². The summed E-state index contributed by atoms with van der Waals surface area (Å²) < 4.78 is 1.98. The van der Waals surface area contributed by atoms with Crippen LogP contribution in [0.2, 0.25) is 0 Å². The predicted molar refractivity (Wildman–Crippen MR) is 113 cm³/mol. The maximum absolute atomic E-state index is 13.5. The lowest BCUT2D eigenvalue weighted by Crippen LogP contribution is -2.37. The number of carbonyl (C=O) groups excluding carboxylic acids is 2. The molecular formula is C23H30N4O2. The Hall–Kier alpha value is -2.63. The van der Waals surface area contributed by atoms with E-state index in [4.69, 9.17) is 0 Å². The van der Waals surface area contributed by atoms with Crippen LogP contribution in [0.1, 0.15) is 72.4 Å². The smallest absolute Gasteiger partial charge is 0.294 e. The fraction of sp³-hybridized carbons (Fsp3) is 0.522. The van der Waals surface area contributed by atoms with Gasteiger partial charge in [0.15, 0.2) is 0 Å². The van der Waals surface area contributed by atoms with Gasteiger partial charge in [-0.2, -0.15) is 0 Å². The van der Waals surface area contributed by atoms with Crippen molar-refractivity contribution >= 4 is 17.5 Å². The molecule has 1 N–H and O–H groups in total. The molecule has 3 heterocycles. The van der Waals surface area contributed by atoms with E-state index >= 15 is 0 Å². The fourth-order valence-electron chi connectivity index (χ4n) is 4.43. The van der Waals surface area contributed by atoms with Gasteiger partial charge in [-0.05, 0) is 56.6 Å². The molecule has 0 saturated heterocycles. The highest BCUT2D eigenvalue weighted by molar-refractivity contribution is 6.07. The quantitative estimate of drug-likeness (QED) is 0.843. The third kappa shape index (κ3) is 3.68. The summed E-state index contributed by atoms with van der Waals surface area (Å²) >= 11 is 0. The molecule has 0 aliphatic carbocycles. The molecule has 6 nitrogen and oxygen atoms in total. The van der Waals surface area contributed by atoms with Gasteiger partial charge in [0.25, 0.3) is 11.8 Å². The first kappa shape index (κ1) is 19.7. The Kier molecular flexibility index (Phi) is 5.43. The van der Waals surface area contributed by atoms with Gasteiger partial charge in [0.1, 0.15) is 5.69 Å². The number of imidazole rings is 1. The normalized spacial score (nSPS) is 17.9. The molecule has 0 radical (unpaired) electrons. The van der Waals surface area contributed by atoms with Crippen LogP contribution in [0.4, 0.5) is 5.69 Å². The zero-order chi connectivity index (χ0) is 20.5. The van der Waals surface area contributed by atoms with Gasteiger partial charge in [-0.1, -0.05) is 32.0 Å². The van der Waals surface area contributed by atoms with E-state index in [1.807, 2.05) is 27.7 Å². The van der Waals surface area contributed by atoms with Gasteiger partial charge in [-0.15, -0.1) is 0 Å². The molecule has 0 bridgehead atoms. The van der Waals surface area contributed by atoms with Crippen LogP contribution in [0.15, 0.2) is 24.3 Å². The average molecular weight is 395 g/mol. The van der Waals surface area contributed by atoms with Gasteiger partial charge < -0.3 is 14.8 Å². The van der Waals surface area contributed by atoms with Crippen molar-refractivity contribution in [3.8, 4) is 0 Å². The number of benzene rings is 1. The lowest BCUT2D eigenvalue weighted by Gasteiger charge is -2.24. The molecule has 29 heavy (non-hydrogen) atoms. The van der Waals surface area contributed by atoms with Crippen LogP contribution in [0.25, 0.3) is 0 Å². The summed E-state index contributed by atoms with van der Waals surface area (Å²) in [7, 11) is 0. The number of nitrogens with one attached hydrogen (secondary N) is 1. The van der Waals surface area contributed by atoms with Gasteiger partial charge in [-0.25, -0.2) is 4.98 Å². The number of carbonyl (C=O) groups is 2. The number of hydrogen-bond donors (Lipinski definition) is 1. The highest BCUT2D eigenvalue weighted by Crippen LogP contribution is 2.33. The Morgan fingerprint density at radius 2 is 2.03 bits per heavy atom. The van der Waals surface area contributed by atoms with E-state index in [0.29, 0.717) is 24.0 Å². The molecule has 2 amide bonds. The molecule has 1 aromatic carbocycles. The Morgan fingerprint density at radius 1 is 1.24 bits per heavy atom. The Bertz CT molecular complexity index is 931. The van der Waals surface area contributed by atoms with Crippen LogP contribution in [0, 0.1) is 5.92 Å². The van der Waals surface area contributed by atoms with Gasteiger partial charge >= 0.3 is 0 Å². The number of fused-ring (bicyclic) bond motifs is 2. The van der Waals surface area contributed by atoms with Gasteiger partial charge in [-0.3, -0.25) is 9.59 Å². The van der Waals surface area contributed by atoms with Crippen molar-refractivity contribution in [3.05, 3.63) is 47.0 Å². The third-order valence-electron chi connectivity index (χ3n) is 5.96. The van der Waals surface area contributed by atoms with Crippen molar-refractivity contribution in [2.24, 2.45) is 5.92 Å². The molecule has 6 heteroatoms. The zero-order valence-corrected chi connectivity index (χ0v) is 17.6. The summed E-state index contributed by atoms with van der Waals surface area (Å²) in [6.07, 6.45) is 4.59. The fourth-order valence-corrected chi connectivity index (χ4v) is 4.43. The number of hydrogen-bond acceptors (Lipinski definition) is 3. The average Bonchev–Trinajstić information content (AvgIpc) is 3.24. The topological polar surface area (TPSA) is 67.2 Å². The van der Waals surface area contributed by atoms with Crippen LogP contribution < -0.4 is 10.2 Å². The molecule has 154 valence electrons. The Morgan fingerprint density at radius 3 is 2.83 bits per heavy atom. The summed E-state index contributed by atoms with van der Waals surface area (Å²) in [5, 5.41) is 2.99. The number of anilines is 1. The highest BCUT2D eigenvalue weighted by atomic mass is 16.2. The first-order chi connectivity index (χ1) is 14.0. The summed E-state index contributed by atoms with van der Waals surface area (Å²) in [5.74, 6) is 0.661. The summed E-state index contributed by atoms with van der Waals surface area (Å²) in [6.45, 7) is 7.71. The molecule has 2 aliphatic heterocycles. The highest BCUT2D eigenvalue weighted by Gasteiger charge is 2.36. The number of amides is 2. The standard InChI is InChI=1S/C23H30N4O2/c1-15(2)11-12-24-22(28)20-19-10-6-7-13-26(19)21(25-20)23(29)27-16(3)14-17-8-4-5-9-18(17)27/h4-5,8-9,15-16H,6-7,10-14H2,1-3H3,(H,24,28). The first-order valence-corrected chi connectivity index (χ1v) is 10.8. The molecule has 0 fully saturated rings. The lowest BCUT2D eigenvalue weighted by atomic mass is 10.1. The van der Waals surface area contributed by atoms with Gasteiger partial charge in [0.05, 0.1) is 5.69 Å². The van der Waals surface area contributed by atoms with E-state index in [0.717, 1.165) is 50.0 Å². The molecule has 4 rings (SSSR count). The minimum Gasteiger partial charge on any atom is -0.351 e. The minimum atomic E-state index is -0.162. The monoisotopic (exact) mass is 394 g/mol. The van der Waals surface area contributed by atoms with Crippen LogP contribution in [-0.2, 0) is 19.4 Å². The number of rotatable bonds is 5. The maximum Gasteiger partial charge on any atom is 0.294 e. The van der Waals surface area contributed by atoms with Crippen molar-refractivity contribution in [2.75, 3.05) is 11.4 Å². The zero-order valence-electron chi connectivity index (χ0n) is 17.6. The first-order valence-electron chi connectivity index (χ1n) is 10.8. The second kappa shape index (κ2) is 8.01. The van der Waals surface area contributed by atoms with Crippen molar-refractivity contribution in [1.82, 2.24) is 14.9 Å². The van der Waals surface area contributed by atoms with Crippen LogP contribution in [0.3, 0.4) is 0 Å². The van der Waals surface area contributed by atoms with E-state index < -0.39 is 0 Å². The van der Waals surface area contributed by atoms with Crippen LogP contribution >= 0.6 is 0 Å². The second-order valence-electron chi connectivity index (χ2n) is 8.63. The van der Waals surface area contributed by atoms with Crippen molar-refractivity contribution in [1.29, 1.82) is 0 Å². The number of aromatic nitrogens is 2. The molecule has 2 aromatic rings. The molecule has 0 spiro atoms. The second-order valence-corrected chi connectivity index (χ2v) is 8.63. The maximum atomic E-state index is 13.5. The summed E-state index contributed by atoms with van der Waals surface area (Å²) in [5.41, 5.74) is 3.48. The van der Waals surface area contributed by atoms with Crippen LogP contribution in [-0.4, -0.2) is 34.0 Å². The molecular weight excluding hydrogens is 364 g/mol. The Balaban J connectivity index is 1.65. The third-order valence-corrected chi connectivity index (χ3v) is 5.96. The van der Waals surface area contributed by atoms with E-state index in [-0.39, 0.29) is 17.9 Å². The van der Waals surface area contributed by atoms with Gasteiger partial charge in [0.2, 0.25) is 5.82 Å². The van der Waals surface area contributed by atoms with E-state index in [2.05, 4.69) is 37.1 Å². The molecule has 0 saturated carbocycles. The van der Waals surface area contributed by atoms with Gasteiger partial charge in [0, 0.05) is 24.8 Å². The molecule has 1 aromatic heterocycles. The predicted octanol–water partition coefficient (Wildman–Crippen LogP) is 3.59. The number of nitrogens with zero attached hydrogens (tertiary/aromatic N) is 3. The lowest BCUT2D eigenvalue weighted by molar-refractivity contribution is 0.0946. The van der Waals surface area contributed by atoms with E-state index in [1.54, 1.807) is 0 Å². The summed E-state index contributed by atoms with van der Waals surface area (Å²) in [4.78, 5) is 32.8. The van der Waals surface area contributed by atoms with E-state index in [9.17, 15) is 9.59 Å². The van der Waals surface area contributed by atoms with Crippen LogP contribution in [0.5, 0.6) is 0 Å². The van der Waals surface area contributed by atoms with Crippen molar-refractivity contribution < 1.29 is 9.59 Å². The van der Waals surface area contributed by atoms with Crippen molar-refractivity contribution in [3.63, 3.8) is 0 Å². The largest absolute Gasteiger partial charge is 0.351 e. The van der Waals surface area contributed by atoms with E-state index in [1.165, 1.54) is 5.56 Å². The minimum absolute atomic E-state index is 0.0831.